The molecule has 0 fully saturated rings. The molecule has 0 radical (unpaired) electrons. The first-order valence-corrected chi connectivity index (χ1v) is 8.17. The fourth-order valence-corrected chi connectivity index (χ4v) is 3.12. The van der Waals surface area contributed by atoms with E-state index in [0.717, 1.165) is 31.0 Å². The first kappa shape index (κ1) is 16.7. The van der Waals surface area contributed by atoms with E-state index in [2.05, 4.69) is 33.9 Å². The molecule has 1 aliphatic rings. The summed E-state index contributed by atoms with van der Waals surface area (Å²) in [5.41, 5.74) is 3.48. The van der Waals surface area contributed by atoms with E-state index in [9.17, 15) is 0 Å². The molecule has 2 heterocycles. The molecule has 1 aromatic heterocycles. The third kappa shape index (κ3) is 3.49. The van der Waals surface area contributed by atoms with Gasteiger partial charge in [0.15, 0.2) is 0 Å². The zero-order valence-electron chi connectivity index (χ0n) is 14.3. The lowest BCUT2D eigenvalue weighted by atomic mass is 10.0. The van der Waals surface area contributed by atoms with E-state index in [1.165, 1.54) is 11.3 Å². The molecule has 0 aliphatic carbocycles. The molecule has 6 nitrogen and oxygen atoms in total. The van der Waals surface area contributed by atoms with Gasteiger partial charge in [-0.25, -0.2) is 0 Å². The number of methoxy groups -OCH3 is 1. The predicted molar refractivity (Wildman–Crippen MR) is 91.9 cm³/mol. The number of aryl methyl sites for hydroxylation is 1. The van der Waals surface area contributed by atoms with Gasteiger partial charge in [0.1, 0.15) is 11.4 Å². The molecule has 1 aromatic carbocycles. The van der Waals surface area contributed by atoms with Crippen LogP contribution in [0.25, 0.3) is 0 Å². The van der Waals surface area contributed by atoms with Crippen LogP contribution in [0, 0.1) is 0 Å². The van der Waals surface area contributed by atoms with Crippen molar-refractivity contribution in [3.63, 3.8) is 0 Å². The lowest BCUT2D eigenvalue weighted by Crippen LogP contribution is -2.38. The summed E-state index contributed by atoms with van der Waals surface area (Å²) in [7, 11) is 3.63. The smallest absolute Gasteiger partial charge is 0.118 e. The van der Waals surface area contributed by atoms with Gasteiger partial charge < -0.3 is 9.47 Å². The van der Waals surface area contributed by atoms with E-state index in [0.29, 0.717) is 13.2 Å². The standard InChI is InChI=1S/C18H24N4O2/c1-4-11-24-13-17-18-16(21(2)20-19-18)9-10-22(17)12-14-5-7-15(23-3)8-6-14/h4-8,17H,1,9-13H2,2-3H3/t17-/m1/s1. The van der Waals surface area contributed by atoms with E-state index >= 15 is 0 Å². The summed E-state index contributed by atoms with van der Waals surface area (Å²) in [4.78, 5) is 2.40. The molecule has 3 rings (SSSR count). The zero-order chi connectivity index (χ0) is 16.9. The van der Waals surface area contributed by atoms with Crippen LogP contribution in [-0.2, 0) is 24.8 Å². The fourth-order valence-electron chi connectivity index (χ4n) is 3.12. The highest BCUT2D eigenvalue weighted by Crippen LogP contribution is 2.29. The minimum atomic E-state index is 0.115. The molecular weight excluding hydrogens is 304 g/mol. The summed E-state index contributed by atoms with van der Waals surface area (Å²) >= 11 is 0. The van der Waals surface area contributed by atoms with Crippen molar-refractivity contribution in [1.82, 2.24) is 19.9 Å². The summed E-state index contributed by atoms with van der Waals surface area (Å²) in [5, 5.41) is 8.57. The quantitative estimate of drug-likeness (QED) is 0.576. The van der Waals surface area contributed by atoms with E-state index < -0.39 is 0 Å². The Kier molecular flexibility index (Phi) is 5.27. The van der Waals surface area contributed by atoms with E-state index in [4.69, 9.17) is 9.47 Å². The summed E-state index contributed by atoms with van der Waals surface area (Å²) in [6, 6.07) is 8.32. The highest BCUT2D eigenvalue weighted by Gasteiger charge is 2.31. The third-order valence-corrected chi connectivity index (χ3v) is 4.42. The van der Waals surface area contributed by atoms with Gasteiger partial charge in [-0.15, -0.1) is 11.7 Å². The van der Waals surface area contributed by atoms with Crippen molar-refractivity contribution in [1.29, 1.82) is 0 Å². The van der Waals surface area contributed by atoms with Crippen LogP contribution in [-0.4, -0.2) is 46.8 Å². The van der Waals surface area contributed by atoms with Crippen LogP contribution in [0.5, 0.6) is 5.75 Å². The van der Waals surface area contributed by atoms with E-state index in [-0.39, 0.29) is 6.04 Å². The first-order valence-electron chi connectivity index (χ1n) is 8.17. The number of ether oxygens (including phenoxy) is 2. The van der Waals surface area contributed by atoms with Crippen LogP contribution in [0.4, 0.5) is 0 Å². The first-order chi connectivity index (χ1) is 11.7. The number of rotatable bonds is 7. The van der Waals surface area contributed by atoms with Gasteiger partial charge in [0.2, 0.25) is 0 Å². The van der Waals surface area contributed by atoms with Gasteiger partial charge >= 0.3 is 0 Å². The Morgan fingerprint density at radius 3 is 2.83 bits per heavy atom. The molecule has 6 heteroatoms. The summed E-state index contributed by atoms with van der Waals surface area (Å²) in [6.45, 7) is 6.66. The van der Waals surface area contributed by atoms with E-state index in [1.54, 1.807) is 13.2 Å². The predicted octanol–water partition coefficient (Wildman–Crippen LogP) is 2.13. The molecule has 128 valence electrons. The molecule has 2 aromatic rings. The van der Waals surface area contributed by atoms with Crippen molar-refractivity contribution >= 4 is 0 Å². The topological polar surface area (TPSA) is 52.4 Å². The summed E-state index contributed by atoms with van der Waals surface area (Å²) < 4.78 is 12.8. The van der Waals surface area contributed by atoms with Gasteiger partial charge in [0, 0.05) is 26.6 Å². The normalized spacial score (nSPS) is 17.5. The maximum Gasteiger partial charge on any atom is 0.118 e. The van der Waals surface area contributed by atoms with Crippen LogP contribution in [0.1, 0.15) is 23.0 Å². The van der Waals surface area contributed by atoms with Gasteiger partial charge in [-0.3, -0.25) is 9.58 Å². The molecule has 0 saturated carbocycles. The van der Waals surface area contributed by atoms with Gasteiger partial charge in [0.05, 0.1) is 32.1 Å². The zero-order valence-corrected chi connectivity index (χ0v) is 14.3. The highest BCUT2D eigenvalue weighted by molar-refractivity contribution is 5.28. The second kappa shape index (κ2) is 7.59. The maximum absolute atomic E-state index is 5.74. The van der Waals surface area contributed by atoms with E-state index in [1.807, 2.05) is 23.9 Å². The molecule has 0 N–H and O–H groups in total. The Morgan fingerprint density at radius 2 is 2.12 bits per heavy atom. The average Bonchev–Trinajstić information content (AvgIpc) is 2.98. The third-order valence-electron chi connectivity index (χ3n) is 4.42. The van der Waals surface area contributed by atoms with Gasteiger partial charge in [-0.05, 0) is 17.7 Å². The van der Waals surface area contributed by atoms with Crippen molar-refractivity contribution in [2.75, 3.05) is 26.9 Å². The van der Waals surface area contributed by atoms with Gasteiger partial charge in [0.25, 0.3) is 0 Å². The molecule has 0 bridgehead atoms. The SMILES string of the molecule is C=CCOC[C@@H]1c2nnn(C)c2CCN1Cc1ccc(OC)cc1. The van der Waals surface area contributed by atoms with Gasteiger partial charge in [-0.2, -0.15) is 0 Å². The lowest BCUT2D eigenvalue weighted by molar-refractivity contribution is 0.0599. The number of hydrogen-bond acceptors (Lipinski definition) is 5. The number of nitrogens with zero attached hydrogens (tertiary/aromatic N) is 4. The van der Waals surface area contributed by atoms with Crippen molar-refractivity contribution < 1.29 is 9.47 Å². The molecule has 0 unspecified atom stereocenters. The fraction of sp³-hybridized carbons (Fsp3) is 0.444. The van der Waals surface area contributed by atoms with Crippen LogP contribution in [0.15, 0.2) is 36.9 Å². The van der Waals surface area contributed by atoms with Crippen LogP contribution < -0.4 is 4.74 Å². The molecule has 1 atom stereocenters. The van der Waals surface area contributed by atoms with Crippen LogP contribution in [0.3, 0.4) is 0 Å². The maximum atomic E-state index is 5.74. The second-order valence-corrected chi connectivity index (χ2v) is 5.96. The Balaban J connectivity index is 1.77. The molecular formula is C18H24N4O2. The van der Waals surface area contributed by atoms with Crippen molar-refractivity contribution in [2.45, 2.75) is 19.0 Å². The number of aromatic nitrogens is 3. The Bertz CT molecular complexity index is 681. The number of benzene rings is 1. The molecule has 24 heavy (non-hydrogen) atoms. The second-order valence-electron chi connectivity index (χ2n) is 5.96. The molecule has 0 amide bonds. The van der Waals surface area contributed by atoms with Crippen molar-refractivity contribution in [3.05, 3.63) is 53.9 Å². The Hall–Kier alpha value is -2.18. The van der Waals surface area contributed by atoms with Crippen LogP contribution in [0.2, 0.25) is 0 Å². The Labute approximate surface area is 142 Å². The summed E-state index contributed by atoms with van der Waals surface area (Å²) in [6.07, 6.45) is 2.72. The van der Waals surface area contributed by atoms with Crippen molar-refractivity contribution in [3.8, 4) is 5.75 Å². The lowest BCUT2D eigenvalue weighted by Gasteiger charge is -2.34. The van der Waals surface area contributed by atoms with Crippen LogP contribution >= 0.6 is 0 Å². The number of fused-ring (bicyclic) bond motifs is 1. The number of hydrogen-bond donors (Lipinski definition) is 0. The monoisotopic (exact) mass is 328 g/mol. The Morgan fingerprint density at radius 1 is 1.33 bits per heavy atom. The summed E-state index contributed by atoms with van der Waals surface area (Å²) in [5.74, 6) is 0.875. The van der Waals surface area contributed by atoms with Gasteiger partial charge in [-0.1, -0.05) is 23.4 Å². The molecule has 0 spiro atoms. The largest absolute Gasteiger partial charge is 0.497 e. The molecule has 0 saturated heterocycles. The molecule has 1 aliphatic heterocycles. The van der Waals surface area contributed by atoms with Crippen molar-refractivity contribution in [2.24, 2.45) is 7.05 Å². The minimum Gasteiger partial charge on any atom is -0.497 e. The average molecular weight is 328 g/mol. The minimum absolute atomic E-state index is 0.115. The highest BCUT2D eigenvalue weighted by atomic mass is 16.5.